The normalized spacial score (nSPS) is 12.4. The Kier molecular flexibility index (Phi) is 36.4. The maximum Gasteiger partial charge on any atom is 0.192 e. The average Bonchev–Trinajstić information content (AvgIpc) is 3.05. The van der Waals surface area contributed by atoms with Gasteiger partial charge in [0, 0.05) is 6.61 Å². The molecule has 48 heavy (non-hydrogen) atoms. The predicted octanol–water partition coefficient (Wildman–Crippen LogP) is 6.31. The summed E-state index contributed by atoms with van der Waals surface area (Å²) in [5, 5.41) is 0.220. The molecule has 0 spiro atoms. The van der Waals surface area contributed by atoms with Crippen molar-refractivity contribution in [2.24, 2.45) is 0 Å². The molecule has 0 N–H and O–H groups in total. The lowest BCUT2D eigenvalue weighted by Crippen LogP contribution is -2.41. The van der Waals surface area contributed by atoms with E-state index in [-0.39, 0.29) is 5.04 Å². The van der Waals surface area contributed by atoms with Crippen molar-refractivity contribution in [2.75, 3.05) is 139 Å². The molecule has 0 atom stereocenters. The first-order chi connectivity index (χ1) is 23.3. The molecule has 0 amide bonds. The van der Waals surface area contributed by atoms with Crippen LogP contribution in [0.15, 0.2) is 0 Å². The van der Waals surface area contributed by atoms with Crippen LogP contribution in [0.5, 0.6) is 0 Å². The van der Waals surface area contributed by atoms with E-state index in [0.29, 0.717) is 132 Å². The standard InChI is InChI=1S/C36H76O11Si/c1-7-8-9-10-11-12-13-14-15-37-16-17-38-18-19-39-20-21-40-22-23-41-24-25-42-26-27-43-28-29-44-30-31-45-32-33-46-34-35-47-48(5,6)36(2,3)4/h7-35H2,1-6H3. The molecule has 12 heteroatoms. The van der Waals surface area contributed by atoms with Crippen molar-refractivity contribution in [1.82, 2.24) is 0 Å². The second kappa shape index (κ2) is 36.6. The molecule has 290 valence electrons. The first-order valence-corrected chi connectivity index (χ1v) is 21.6. The van der Waals surface area contributed by atoms with Crippen molar-refractivity contribution in [2.45, 2.75) is 97.2 Å². The molecule has 11 nitrogen and oxygen atoms in total. The molecule has 0 aromatic rings. The molecule has 0 unspecified atom stereocenters. The molecule has 0 saturated carbocycles. The van der Waals surface area contributed by atoms with E-state index in [0.717, 1.165) is 13.0 Å². The maximum atomic E-state index is 6.08. The third-order valence-corrected chi connectivity index (χ3v) is 12.5. The first kappa shape index (κ1) is 47.8. The van der Waals surface area contributed by atoms with Crippen molar-refractivity contribution in [3.8, 4) is 0 Å². The highest BCUT2D eigenvalue weighted by Gasteiger charge is 2.36. The van der Waals surface area contributed by atoms with E-state index < -0.39 is 8.32 Å². The number of rotatable bonds is 40. The van der Waals surface area contributed by atoms with Crippen LogP contribution in [0.2, 0.25) is 18.1 Å². The quantitative estimate of drug-likeness (QED) is 0.0528. The molecule has 0 bridgehead atoms. The van der Waals surface area contributed by atoms with Gasteiger partial charge in [0.05, 0.1) is 132 Å². The molecule has 0 rings (SSSR count). The lowest BCUT2D eigenvalue weighted by atomic mass is 10.1. The zero-order valence-corrected chi connectivity index (χ0v) is 33.0. The third-order valence-electron chi connectivity index (χ3n) is 7.99. The van der Waals surface area contributed by atoms with Crippen LogP contribution in [-0.4, -0.2) is 147 Å². The highest BCUT2D eigenvalue weighted by atomic mass is 28.4. The minimum atomic E-state index is -1.69. The van der Waals surface area contributed by atoms with Gasteiger partial charge in [-0.25, -0.2) is 0 Å². The van der Waals surface area contributed by atoms with Crippen LogP contribution in [0.25, 0.3) is 0 Å². The van der Waals surface area contributed by atoms with Gasteiger partial charge in [-0.05, 0) is 24.6 Å². The van der Waals surface area contributed by atoms with E-state index in [1.54, 1.807) is 0 Å². The number of hydrogen-bond donors (Lipinski definition) is 0. The Balaban J connectivity index is 3.11. The van der Waals surface area contributed by atoms with Crippen LogP contribution >= 0.6 is 0 Å². The molecule has 0 fully saturated rings. The van der Waals surface area contributed by atoms with Gasteiger partial charge >= 0.3 is 0 Å². The van der Waals surface area contributed by atoms with Gasteiger partial charge in [-0.1, -0.05) is 72.6 Å². The number of hydrogen-bond acceptors (Lipinski definition) is 11. The van der Waals surface area contributed by atoms with E-state index in [9.17, 15) is 0 Å². The molecule has 0 aliphatic heterocycles. The van der Waals surface area contributed by atoms with Crippen LogP contribution in [0.1, 0.15) is 79.1 Å². The molecule has 0 saturated heterocycles. The Morgan fingerprint density at radius 3 is 0.812 bits per heavy atom. The summed E-state index contributed by atoms with van der Waals surface area (Å²) in [5.74, 6) is 0. The van der Waals surface area contributed by atoms with E-state index in [1.165, 1.54) is 44.9 Å². The molecular weight excluding hydrogens is 636 g/mol. The lowest BCUT2D eigenvalue weighted by molar-refractivity contribution is -0.0267. The molecular formula is C36H76O11Si. The Morgan fingerprint density at radius 2 is 0.542 bits per heavy atom. The monoisotopic (exact) mass is 713 g/mol. The zero-order chi connectivity index (χ0) is 35.3. The fourth-order valence-corrected chi connectivity index (χ4v) is 5.02. The van der Waals surface area contributed by atoms with E-state index in [2.05, 4.69) is 40.8 Å². The Bertz CT molecular complexity index is 623. The SMILES string of the molecule is CCCCCCCCCCOCCOCCOCCOCCOCCOCCOCCOCCOCCOCCO[Si](C)(C)C(C)(C)C. The fourth-order valence-electron chi connectivity index (χ4n) is 3.99. The van der Waals surface area contributed by atoms with Crippen molar-refractivity contribution in [1.29, 1.82) is 0 Å². The van der Waals surface area contributed by atoms with Gasteiger partial charge in [0.2, 0.25) is 0 Å². The molecule has 0 radical (unpaired) electrons. The molecule has 0 heterocycles. The van der Waals surface area contributed by atoms with Gasteiger partial charge in [-0.15, -0.1) is 0 Å². The Morgan fingerprint density at radius 1 is 0.312 bits per heavy atom. The van der Waals surface area contributed by atoms with Crippen molar-refractivity contribution < 1.29 is 51.8 Å². The summed E-state index contributed by atoms with van der Waals surface area (Å²) in [4.78, 5) is 0. The van der Waals surface area contributed by atoms with Crippen molar-refractivity contribution in [3.05, 3.63) is 0 Å². The number of unbranched alkanes of at least 4 members (excludes halogenated alkanes) is 7. The topological polar surface area (TPSA) is 102 Å². The highest BCUT2D eigenvalue weighted by Crippen LogP contribution is 2.36. The summed E-state index contributed by atoms with van der Waals surface area (Å²) >= 11 is 0. The summed E-state index contributed by atoms with van der Waals surface area (Å²) in [6.45, 7) is 25.4. The van der Waals surface area contributed by atoms with Gasteiger partial charge in [0.1, 0.15) is 0 Å². The van der Waals surface area contributed by atoms with Gasteiger partial charge in [-0.2, -0.15) is 0 Å². The fraction of sp³-hybridized carbons (Fsp3) is 1.00. The second-order valence-electron chi connectivity index (χ2n) is 13.2. The van der Waals surface area contributed by atoms with Crippen LogP contribution in [0.4, 0.5) is 0 Å². The zero-order valence-electron chi connectivity index (χ0n) is 32.0. The third kappa shape index (κ3) is 35.6. The van der Waals surface area contributed by atoms with Crippen molar-refractivity contribution >= 4 is 8.32 Å². The first-order valence-electron chi connectivity index (χ1n) is 18.7. The minimum absolute atomic E-state index is 0.220. The number of ether oxygens (including phenoxy) is 10. The predicted molar refractivity (Wildman–Crippen MR) is 194 cm³/mol. The average molecular weight is 713 g/mol. The molecule has 0 aliphatic carbocycles. The smallest absolute Gasteiger partial charge is 0.192 e. The van der Waals surface area contributed by atoms with E-state index in [4.69, 9.17) is 51.8 Å². The minimum Gasteiger partial charge on any atom is -0.414 e. The summed E-state index contributed by atoms with van der Waals surface area (Å²) in [5.41, 5.74) is 0. The van der Waals surface area contributed by atoms with Crippen LogP contribution in [0.3, 0.4) is 0 Å². The van der Waals surface area contributed by atoms with E-state index in [1.807, 2.05) is 0 Å². The molecule has 0 aromatic carbocycles. The summed E-state index contributed by atoms with van der Waals surface area (Å²) in [6, 6.07) is 0. The summed E-state index contributed by atoms with van der Waals surface area (Å²) < 4.78 is 61.4. The summed E-state index contributed by atoms with van der Waals surface area (Å²) in [6.07, 6.45) is 10.5. The van der Waals surface area contributed by atoms with Crippen LogP contribution < -0.4 is 0 Å². The molecule has 0 aromatic heterocycles. The largest absolute Gasteiger partial charge is 0.414 e. The summed E-state index contributed by atoms with van der Waals surface area (Å²) in [7, 11) is -1.69. The van der Waals surface area contributed by atoms with E-state index >= 15 is 0 Å². The van der Waals surface area contributed by atoms with Crippen LogP contribution in [0, 0.1) is 0 Å². The van der Waals surface area contributed by atoms with Gasteiger partial charge in [0.15, 0.2) is 8.32 Å². The highest BCUT2D eigenvalue weighted by molar-refractivity contribution is 6.74. The van der Waals surface area contributed by atoms with Gasteiger partial charge in [0.25, 0.3) is 0 Å². The van der Waals surface area contributed by atoms with Gasteiger partial charge in [-0.3, -0.25) is 0 Å². The Hall–Kier alpha value is -0.223. The Labute approximate surface area is 295 Å². The second-order valence-corrected chi connectivity index (χ2v) is 18.0. The maximum absolute atomic E-state index is 6.08. The van der Waals surface area contributed by atoms with Crippen LogP contribution in [-0.2, 0) is 51.8 Å². The lowest BCUT2D eigenvalue weighted by Gasteiger charge is -2.36. The van der Waals surface area contributed by atoms with Crippen molar-refractivity contribution in [3.63, 3.8) is 0 Å². The van der Waals surface area contributed by atoms with Gasteiger partial charge < -0.3 is 51.8 Å². The molecule has 0 aliphatic rings.